The maximum absolute atomic E-state index is 11.3. The van der Waals surface area contributed by atoms with E-state index in [2.05, 4.69) is 26.1 Å². The van der Waals surface area contributed by atoms with Crippen LogP contribution in [0.2, 0.25) is 0 Å². The highest BCUT2D eigenvalue weighted by Gasteiger charge is 2.21. The number of benzene rings is 1. The summed E-state index contributed by atoms with van der Waals surface area (Å²) < 4.78 is 24.8. The van der Waals surface area contributed by atoms with Gasteiger partial charge < -0.3 is 0 Å². The zero-order chi connectivity index (χ0) is 13.5. The van der Waals surface area contributed by atoms with Crippen LogP contribution < -0.4 is 0 Å². The molecule has 0 N–H and O–H groups in total. The molecule has 8 heteroatoms. The molecule has 5 nitrogen and oxygen atoms in total. The molecule has 0 aliphatic rings. The topological polar surface area (TPSA) is 64.8 Å². The lowest BCUT2D eigenvalue weighted by Crippen LogP contribution is -2.03. The molecule has 0 amide bonds. The molecule has 2 aromatic rings. The fraction of sp³-hybridized carbons (Fsp3) is 0.200. The van der Waals surface area contributed by atoms with Gasteiger partial charge >= 0.3 is 0 Å². The molecule has 18 heavy (non-hydrogen) atoms. The summed E-state index contributed by atoms with van der Waals surface area (Å²) in [4.78, 5) is 0. The summed E-state index contributed by atoms with van der Waals surface area (Å²) in [6.45, 7) is 1.91. The first kappa shape index (κ1) is 13.5. The SMILES string of the molecule is Cc1c(Br)cccc1-c1nnc(S(=O)(=O)Cl)n1C. The summed E-state index contributed by atoms with van der Waals surface area (Å²) in [7, 11) is 2.94. The highest BCUT2D eigenvalue weighted by atomic mass is 79.9. The molecule has 1 aromatic carbocycles. The third kappa shape index (κ3) is 2.30. The Kier molecular flexibility index (Phi) is 3.48. The van der Waals surface area contributed by atoms with Crippen LogP contribution in [0.5, 0.6) is 0 Å². The lowest BCUT2D eigenvalue weighted by molar-refractivity contribution is 0.593. The first-order valence-electron chi connectivity index (χ1n) is 4.92. The molecule has 0 aliphatic heterocycles. The van der Waals surface area contributed by atoms with Crippen LogP contribution in [0.1, 0.15) is 5.56 Å². The largest absolute Gasteiger partial charge is 0.300 e. The molecule has 0 saturated heterocycles. The van der Waals surface area contributed by atoms with E-state index in [1.165, 1.54) is 4.57 Å². The molecular formula is C10H9BrClN3O2S. The van der Waals surface area contributed by atoms with Crippen molar-refractivity contribution in [2.75, 3.05) is 0 Å². The summed E-state index contributed by atoms with van der Waals surface area (Å²) in [6.07, 6.45) is 0. The van der Waals surface area contributed by atoms with Crippen LogP contribution in [0.25, 0.3) is 11.4 Å². The number of aromatic nitrogens is 3. The van der Waals surface area contributed by atoms with Crippen molar-refractivity contribution in [2.45, 2.75) is 12.1 Å². The second kappa shape index (κ2) is 4.64. The Morgan fingerprint density at radius 3 is 2.56 bits per heavy atom. The van der Waals surface area contributed by atoms with E-state index in [0.29, 0.717) is 5.82 Å². The Morgan fingerprint density at radius 1 is 1.33 bits per heavy atom. The highest BCUT2D eigenvalue weighted by Crippen LogP contribution is 2.28. The van der Waals surface area contributed by atoms with Crippen molar-refractivity contribution in [1.82, 2.24) is 14.8 Å². The van der Waals surface area contributed by atoms with E-state index < -0.39 is 9.05 Å². The molecule has 0 atom stereocenters. The van der Waals surface area contributed by atoms with E-state index in [9.17, 15) is 8.42 Å². The highest BCUT2D eigenvalue weighted by molar-refractivity contribution is 9.10. The molecule has 1 aromatic heterocycles. The van der Waals surface area contributed by atoms with Gasteiger partial charge in [-0.25, -0.2) is 8.42 Å². The standard InChI is InChI=1S/C10H9BrClN3O2S/c1-6-7(4-3-5-8(6)11)9-13-14-10(15(9)2)18(12,16)17/h3-5H,1-2H3. The Labute approximate surface area is 117 Å². The van der Waals surface area contributed by atoms with E-state index in [-0.39, 0.29) is 5.16 Å². The average Bonchev–Trinajstić information content (AvgIpc) is 2.64. The molecule has 0 bridgehead atoms. The second-order valence-corrected chi connectivity index (χ2v) is 7.03. The third-order valence-electron chi connectivity index (χ3n) is 2.56. The number of hydrogen-bond acceptors (Lipinski definition) is 4. The summed E-state index contributed by atoms with van der Waals surface area (Å²) in [5.74, 6) is 0.452. The Bertz CT molecular complexity index is 712. The lowest BCUT2D eigenvalue weighted by atomic mass is 10.1. The van der Waals surface area contributed by atoms with Crippen molar-refractivity contribution >= 4 is 35.7 Å². The summed E-state index contributed by atoms with van der Waals surface area (Å²) in [5, 5.41) is 7.23. The van der Waals surface area contributed by atoms with Crippen LogP contribution in [0, 0.1) is 6.92 Å². The number of hydrogen-bond donors (Lipinski definition) is 0. The maximum atomic E-state index is 11.3. The fourth-order valence-corrected chi connectivity index (χ4v) is 2.93. The Morgan fingerprint density at radius 2 is 2.00 bits per heavy atom. The Balaban J connectivity index is 2.67. The minimum atomic E-state index is -3.89. The molecule has 0 saturated carbocycles. The van der Waals surface area contributed by atoms with Gasteiger partial charge in [-0.1, -0.05) is 28.1 Å². The number of halogens is 2. The van der Waals surface area contributed by atoms with Crippen LogP contribution in [0.4, 0.5) is 0 Å². The van der Waals surface area contributed by atoms with Crippen LogP contribution in [-0.4, -0.2) is 23.2 Å². The molecule has 0 radical (unpaired) electrons. The van der Waals surface area contributed by atoms with Gasteiger partial charge in [-0.2, -0.15) is 0 Å². The first-order chi connectivity index (χ1) is 8.32. The fourth-order valence-electron chi connectivity index (χ4n) is 1.61. The number of rotatable bonds is 2. The summed E-state index contributed by atoms with van der Waals surface area (Å²) in [6, 6.07) is 5.58. The second-order valence-electron chi connectivity index (χ2n) is 3.72. The van der Waals surface area contributed by atoms with Gasteiger partial charge in [0.15, 0.2) is 5.82 Å². The Hall–Kier alpha value is -0.920. The molecule has 0 unspecified atom stereocenters. The van der Waals surface area contributed by atoms with E-state index in [0.717, 1.165) is 15.6 Å². The van der Waals surface area contributed by atoms with E-state index in [1.54, 1.807) is 7.05 Å². The van der Waals surface area contributed by atoms with Gasteiger partial charge in [0, 0.05) is 27.8 Å². The molecule has 96 valence electrons. The monoisotopic (exact) mass is 349 g/mol. The van der Waals surface area contributed by atoms with E-state index >= 15 is 0 Å². The van der Waals surface area contributed by atoms with Gasteiger partial charge in [-0.05, 0) is 18.6 Å². The van der Waals surface area contributed by atoms with Crippen molar-refractivity contribution in [3.8, 4) is 11.4 Å². The van der Waals surface area contributed by atoms with Crippen LogP contribution in [-0.2, 0) is 16.1 Å². The van der Waals surface area contributed by atoms with Crippen molar-refractivity contribution in [3.05, 3.63) is 28.2 Å². The van der Waals surface area contributed by atoms with Crippen molar-refractivity contribution in [3.63, 3.8) is 0 Å². The predicted molar refractivity (Wildman–Crippen MR) is 71.9 cm³/mol. The molecule has 0 fully saturated rings. The molecule has 2 rings (SSSR count). The molecule has 1 heterocycles. The summed E-state index contributed by atoms with van der Waals surface area (Å²) >= 11 is 3.41. The normalized spacial score (nSPS) is 11.8. The number of nitrogens with zero attached hydrogens (tertiary/aromatic N) is 3. The van der Waals surface area contributed by atoms with Gasteiger partial charge in [0.05, 0.1) is 0 Å². The molecule has 0 spiro atoms. The van der Waals surface area contributed by atoms with Crippen LogP contribution in [0.3, 0.4) is 0 Å². The van der Waals surface area contributed by atoms with E-state index in [1.807, 2.05) is 25.1 Å². The van der Waals surface area contributed by atoms with Gasteiger partial charge in [0.2, 0.25) is 0 Å². The molecular weight excluding hydrogens is 342 g/mol. The molecule has 0 aliphatic carbocycles. The third-order valence-corrected chi connectivity index (χ3v) is 4.63. The van der Waals surface area contributed by atoms with Gasteiger partial charge in [0.1, 0.15) is 0 Å². The predicted octanol–water partition coefficient (Wildman–Crippen LogP) is 2.48. The maximum Gasteiger partial charge on any atom is 0.296 e. The smallest absolute Gasteiger partial charge is 0.296 e. The summed E-state index contributed by atoms with van der Waals surface area (Å²) in [5.41, 5.74) is 1.75. The van der Waals surface area contributed by atoms with Gasteiger partial charge in [-0.3, -0.25) is 4.57 Å². The zero-order valence-electron chi connectivity index (χ0n) is 9.55. The zero-order valence-corrected chi connectivity index (χ0v) is 12.7. The van der Waals surface area contributed by atoms with Gasteiger partial charge in [-0.15, -0.1) is 10.2 Å². The van der Waals surface area contributed by atoms with Gasteiger partial charge in [0.25, 0.3) is 14.2 Å². The first-order valence-corrected chi connectivity index (χ1v) is 8.02. The van der Waals surface area contributed by atoms with Crippen LogP contribution >= 0.6 is 26.6 Å². The average molecular weight is 351 g/mol. The minimum Gasteiger partial charge on any atom is -0.300 e. The van der Waals surface area contributed by atoms with Crippen molar-refractivity contribution < 1.29 is 8.42 Å². The lowest BCUT2D eigenvalue weighted by Gasteiger charge is -2.07. The van der Waals surface area contributed by atoms with E-state index in [4.69, 9.17) is 10.7 Å². The van der Waals surface area contributed by atoms with Crippen molar-refractivity contribution in [1.29, 1.82) is 0 Å². The minimum absolute atomic E-state index is 0.265. The van der Waals surface area contributed by atoms with Crippen molar-refractivity contribution in [2.24, 2.45) is 7.05 Å². The van der Waals surface area contributed by atoms with Crippen LogP contribution in [0.15, 0.2) is 27.8 Å². The quantitative estimate of drug-likeness (QED) is 0.781.